The minimum Gasteiger partial charge on any atom is -0.414 e. The lowest BCUT2D eigenvalue weighted by Gasteiger charge is -2.34. The molecular formula is C20H25N5O2. The van der Waals surface area contributed by atoms with Crippen LogP contribution in [0.25, 0.3) is 23.0 Å². The third-order valence-corrected chi connectivity index (χ3v) is 4.88. The van der Waals surface area contributed by atoms with Gasteiger partial charge in [-0.15, -0.1) is 10.2 Å². The highest BCUT2D eigenvalue weighted by molar-refractivity contribution is 5.60. The summed E-state index contributed by atoms with van der Waals surface area (Å²) in [6, 6.07) is 10.1. The van der Waals surface area contributed by atoms with Gasteiger partial charge in [-0.25, -0.2) is 0 Å². The van der Waals surface area contributed by atoms with E-state index >= 15 is 0 Å². The van der Waals surface area contributed by atoms with Gasteiger partial charge >= 0.3 is 0 Å². The zero-order valence-electron chi connectivity index (χ0n) is 16.3. The van der Waals surface area contributed by atoms with Gasteiger partial charge in [0.15, 0.2) is 5.69 Å². The Morgan fingerprint density at radius 3 is 2.22 bits per heavy atom. The molecule has 0 N–H and O–H groups in total. The molecule has 0 aliphatic carbocycles. The van der Waals surface area contributed by atoms with Gasteiger partial charge in [0.25, 0.3) is 5.89 Å². The standard InChI is InChI=1S/C20H25N5O2/c1-20(2,3)17-13-16(23-27-17)19-22-21-18(26-19)14-5-7-15(8-6-14)25-11-9-24(4)10-12-25/h5-8,13H,9-12H2,1-4H3. The van der Waals surface area contributed by atoms with Gasteiger partial charge in [-0.3, -0.25) is 0 Å². The van der Waals surface area contributed by atoms with Crippen molar-refractivity contribution in [1.82, 2.24) is 20.3 Å². The molecule has 0 bridgehead atoms. The first-order valence-electron chi connectivity index (χ1n) is 9.25. The number of nitrogens with zero attached hydrogens (tertiary/aromatic N) is 5. The van der Waals surface area contributed by atoms with Crippen LogP contribution < -0.4 is 4.90 Å². The van der Waals surface area contributed by atoms with Crippen LogP contribution >= 0.6 is 0 Å². The Morgan fingerprint density at radius 1 is 0.926 bits per heavy atom. The van der Waals surface area contributed by atoms with Crippen LogP contribution in [0.2, 0.25) is 0 Å². The molecule has 7 nitrogen and oxygen atoms in total. The Morgan fingerprint density at radius 2 is 1.59 bits per heavy atom. The summed E-state index contributed by atoms with van der Waals surface area (Å²) in [5, 5.41) is 12.4. The Bertz CT molecular complexity index is 899. The van der Waals surface area contributed by atoms with Crippen molar-refractivity contribution in [2.45, 2.75) is 26.2 Å². The summed E-state index contributed by atoms with van der Waals surface area (Å²) < 4.78 is 11.2. The SMILES string of the molecule is CN1CCN(c2ccc(-c3nnc(-c4cc(C(C)(C)C)on4)o3)cc2)CC1. The molecule has 1 saturated heterocycles. The topological polar surface area (TPSA) is 71.4 Å². The highest BCUT2D eigenvalue weighted by Gasteiger charge is 2.22. The van der Waals surface area contributed by atoms with Gasteiger partial charge in [0, 0.05) is 48.9 Å². The van der Waals surface area contributed by atoms with E-state index in [2.05, 4.69) is 65.1 Å². The third-order valence-electron chi connectivity index (χ3n) is 4.88. The minimum absolute atomic E-state index is 0.118. The number of likely N-dealkylation sites (N-methyl/N-ethyl adjacent to an activating group) is 1. The van der Waals surface area contributed by atoms with E-state index in [9.17, 15) is 0 Å². The van der Waals surface area contributed by atoms with E-state index < -0.39 is 0 Å². The number of aromatic nitrogens is 3. The predicted molar refractivity (Wildman–Crippen MR) is 104 cm³/mol. The van der Waals surface area contributed by atoms with E-state index in [4.69, 9.17) is 8.94 Å². The molecule has 3 aromatic rings. The fraction of sp³-hybridized carbons (Fsp3) is 0.450. The molecule has 1 fully saturated rings. The van der Waals surface area contributed by atoms with Gasteiger partial charge in [-0.2, -0.15) is 0 Å². The normalized spacial score (nSPS) is 16.1. The molecule has 142 valence electrons. The average molecular weight is 367 g/mol. The summed E-state index contributed by atoms with van der Waals surface area (Å²) in [6.45, 7) is 10.5. The van der Waals surface area contributed by atoms with E-state index in [1.165, 1.54) is 5.69 Å². The molecule has 0 unspecified atom stereocenters. The number of benzene rings is 1. The first-order chi connectivity index (χ1) is 12.9. The number of anilines is 1. The van der Waals surface area contributed by atoms with Crippen molar-refractivity contribution in [2.75, 3.05) is 38.1 Å². The number of hydrogen-bond acceptors (Lipinski definition) is 7. The second-order valence-electron chi connectivity index (χ2n) is 8.08. The molecule has 1 aliphatic rings. The van der Waals surface area contributed by atoms with Crippen LogP contribution in [0, 0.1) is 0 Å². The Balaban J connectivity index is 1.51. The second-order valence-corrected chi connectivity index (χ2v) is 8.08. The van der Waals surface area contributed by atoms with Crippen LogP contribution in [0.15, 0.2) is 39.3 Å². The largest absolute Gasteiger partial charge is 0.414 e. The zero-order chi connectivity index (χ0) is 19.0. The third kappa shape index (κ3) is 3.73. The van der Waals surface area contributed by atoms with Crippen molar-refractivity contribution < 1.29 is 8.94 Å². The van der Waals surface area contributed by atoms with E-state index in [1.807, 2.05) is 18.2 Å². The summed E-state index contributed by atoms with van der Waals surface area (Å²) in [5.74, 6) is 1.64. The summed E-state index contributed by atoms with van der Waals surface area (Å²) >= 11 is 0. The van der Waals surface area contributed by atoms with Gasteiger partial charge in [0.1, 0.15) is 5.76 Å². The van der Waals surface area contributed by atoms with Gasteiger partial charge in [0.05, 0.1) is 0 Å². The highest BCUT2D eigenvalue weighted by Crippen LogP contribution is 2.29. The van der Waals surface area contributed by atoms with Crippen molar-refractivity contribution >= 4 is 5.69 Å². The molecule has 3 heterocycles. The molecule has 0 spiro atoms. The summed E-state index contributed by atoms with van der Waals surface area (Å²) in [5.41, 5.74) is 2.56. The summed E-state index contributed by atoms with van der Waals surface area (Å²) in [4.78, 5) is 4.74. The minimum atomic E-state index is -0.118. The number of hydrogen-bond donors (Lipinski definition) is 0. The smallest absolute Gasteiger partial charge is 0.270 e. The molecule has 0 saturated carbocycles. The van der Waals surface area contributed by atoms with Crippen LogP contribution in [0.3, 0.4) is 0 Å². The number of rotatable bonds is 3. The Hall–Kier alpha value is -2.67. The van der Waals surface area contributed by atoms with E-state index in [0.717, 1.165) is 37.5 Å². The van der Waals surface area contributed by atoms with Gasteiger partial charge in [0.2, 0.25) is 5.89 Å². The molecule has 4 rings (SSSR count). The molecule has 0 amide bonds. The maximum absolute atomic E-state index is 5.82. The average Bonchev–Trinajstić information content (AvgIpc) is 3.32. The van der Waals surface area contributed by atoms with Crippen molar-refractivity contribution in [3.8, 4) is 23.0 Å². The predicted octanol–water partition coefficient (Wildman–Crippen LogP) is 3.44. The molecule has 7 heteroatoms. The van der Waals surface area contributed by atoms with Crippen LogP contribution in [-0.4, -0.2) is 53.5 Å². The quantitative estimate of drug-likeness (QED) is 0.702. The molecule has 27 heavy (non-hydrogen) atoms. The molecule has 0 atom stereocenters. The second kappa shape index (κ2) is 6.81. The lowest BCUT2D eigenvalue weighted by molar-refractivity contribution is 0.313. The van der Waals surface area contributed by atoms with Crippen molar-refractivity contribution in [2.24, 2.45) is 0 Å². The van der Waals surface area contributed by atoms with Crippen molar-refractivity contribution in [3.63, 3.8) is 0 Å². The summed E-state index contributed by atoms with van der Waals surface area (Å²) in [7, 11) is 2.16. The molecule has 2 aromatic heterocycles. The monoisotopic (exact) mass is 367 g/mol. The van der Waals surface area contributed by atoms with E-state index in [-0.39, 0.29) is 5.41 Å². The van der Waals surface area contributed by atoms with Gasteiger partial charge in [-0.05, 0) is 31.3 Å². The van der Waals surface area contributed by atoms with Gasteiger partial charge in [-0.1, -0.05) is 25.9 Å². The molecular weight excluding hydrogens is 342 g/mol. The summed E-state index contributed by atoms with van der Waals surface area (Å²) in [6.07, 6.45) is 0. The van der Waals surface area contributed by atoms with E-state index in [0.29, 0.717) is 17.5 Å². The molecule has 0 radical (unpaired) electrons. The fourth-order valence-electron chi connectivity index (χ4n) is 3.05. The first-order valence-corrected chi connectivity index (χ1v) is 9.25. The molecule has 1 aromatic carbocycles. The van der Waals surface area contributed by atoms with E-state index in [1.54, 1.807) is 0 Å². The lowest BCUT2D eigenvalue weighted by atomic mass is 9.93. The lowest BCUT2D eigenvalue weighted by Crippen LogP contribution is -2.44. The van der Waals surface area contributed by atoms with Crippen LogP contribution in [0.5, 0.6) is 0 Å². The fourth-order valence-corrected chi connectivity index (χ4v) is 3.05. The maximum Gasteiger partial charge on any atom is 0.270 e. The van der Waals surface area contributed by atoms with Crippen LogP contribution in [0.4, 0.5) is 5.69 Å². The Kier molecular flexibility index (Phi) is 4.47. The molecule has 1 aliphatic heterocycles. The first kappa shape index (κ1) is 17.7. The Labute approximate surface area is 159 Å². The highest BCUT2D eigenvalue weighted by atomic mass is 16.5. The maximum atomic E-state index is 5.82. The zero-order valence-corrected chi connectivity index (χ0v) is 16.3. The van der Waals surface area contributed by atoms with Crippen molar-refractivity contribution in [3.05, 3.63) is 36.1 Å². The van der Waals surface area contributed by atoms with Crippen molar-refractivity contribution in [1.29, 1.82) is 0 Å². The van der Waals surface area contributed by atoms with Crippen LogP contribution in [0.1, 0.15) is 26.5 Å². The van der Waals surface area contributed by atoms with Gasteiger partial charge < -0.3 is 18.7 Å². The van der Waals surface area contributed by atoms with Crippen LogP contribution in [-0.2, 0) is 5.41 Å². The number of piperazine rings is 1.